The summed E-state index contributed by atoms with van der Waals surface area (Å²) in [4.78, 5) is 18.5. The van der Waals surface area contributed by atoms with Crippen molar-refractivity contribution in [1.82, 2.24) is 15.5 Å². The summed E-state index contributed by atoms with van der Waals surface area (Å²) in [6, 6.07) is 0. The van der Waals surface area contributed by atoms with Gasteiger partial charge in [-0.15, -0.1) is 24.0 Å². The van der Waals surface area contributed by atoms with Crippen molar-refractivity contribution in [1.29, 1.82) is 0 Å². The summed E-state index contributed by atoms with van der Waals surface area (Å²) in [6.45, 7) is 10.7. The molecule has 0 aromatic carbocycles. The highest BCUT2D eigenvalue weighted by molar-refractivity contribution is 14.0. The Labute approximate surface area is 152 Å². The largest absolute Gasteiger partial charge is 0.357 e. The number of nitrogens with one attached hydrogen (secondary N) is 2. The third kappa shape index (κ3) is 9.48. The molecule has 1 aliphatic heterocycles. The van der Waals surface area contributed by atoms with Crippen molar-refractivity contribution in [2.45, 2.75) is 52.9 Å². The Kier molecular flexibility index (Phi) is 12.6. The van der Waals surface area contributed by atoms with E-state index in [9.17, 15) is 4.79 Å². The third-order valence-electron chi connectivity index (χ3n) is 3.64. The average Bonchev–Trinajstić information content (AvgIpc) is 2.97. The van der Waals surface area contributed by atoms with Gasteiger partial charge in [-0.25, -0.2) is 0 Å². The molecule has 0 aliphatic carbocycles. The lowest BCUT2D eigenvalue weighted by atomic mass is 10.1. The highest BCUT2D eigenvalue weighted by atomic mass is 127. The molecule has 0 atom stereocenters. The Balaban J connectivity index is 0.00000441. The number of hydrogen-bond donors (Lipinski definition) is 2. The van der Waals surface area contributed by atoms with Crippen molar-refractivity contribution < 1.29 is 4.79 Å². The number of carbonyl (C=O) groups excluding carboxylic acids is 1. The number of guanidine groups is 1. The van der Waals surface area contributed by atoms with Crippen LogP contribution in [0.5, 0.6) is 0 Å². The van der Waals surface area contributed by atoms with Crippen molar-refractivity contribution >= 4 is 35.8 Å². The number of aliphatic imine (C=N–C) groups is 1. The van der Waals surface area contributed by atoms with Crippen LogP contribution in [0.25, 0.3) is 0 Å². The lowest BCUT2D eigenvalue weighted by Crippen LogP contribution is -2.39. The minimum Gasteiger partial charge on any atom is -0.357 e. The molecule has 1 rings (SSSR count). The molecule has 0 aromatic heterocycles. The van der Waals surface area contributed by atoms with Crippen LogP contribution in [0.15, 0.2) is 4.99 Å². The quantitative estimate of drug-likeness (QED) is 0.273. The molecule has 0 unspecified atom stereocenters. The number of rotatable bonds is 8. The van der Waals surface area contributed by atoms with Gasteiger partial charge in [0.15, 0.2) is 5.96 Å². The second kappa shape index (κ2) is 13.0. The normalized spacial score (nSPS) is 14.9. The summed E-state index contributed by atoms with van der Waals surface area (Å²) < 4.78 is 0. The molecule has 5 nitrogen and oxygen atoms in total. The molecule has 0 aromatic rings. The molecule has 0 spiro atoms. The number of carbonyl (C=O) groups is 1. The first kappa shape index (κ1) is 21.5. The average molecular weight is 424 g/mol. The van der Waals surface area contributed by atoms with E-state index in [-0.39, 0.29) is 29.9 Å². The predicted octanol–water partition coefficient (Wildman–Crippen LogP) is 2.61. The van der Waals surface area contributed by atoms with Gasteiger partial charge < -0.3 is 15.5 Å². The first-order chi connectivity index (χ1) is 10.1. The van der Waals surface area contributed by atoms with Crippen molar-refractivity contribution in [3.05, 3.63) is 0 Å². The zero-order chi connectivity index (χ0) is 15.5. The van der Waals surface area contributed by atoms with E-state index in [1.165, 1.54) is 6.42 Å². The fraction of sp³-hybridized carbons (Fsp3) is 0.875. The third-order valence-corrected chi connectivity index (χ3v) is 3.64. The second-order valence-corrected chi connectivity index (χ2v) is 6.06. The van der Waals surface area contributed by atoms with E-state index in [1.54, 1.807) is 0 Å². The van der Waals surface area contributed by atoms with Crippen LogP contribution in [0, 0.1) is 5.92 Å². The number of nitrogens with zero attached hydrogens (tertiary/aromatic N) is 2. The molecule has 6 heteroatoms. The number of halogens is 1. The Hall–Kier alpha value is -0.530. The van der Waals surface area contributed by atoms with Gasteiger partial charge in [0.1, 0.15) is 0 Å². The molecular weight excluding hydrogens is 391 g/mol. The van der Waals surface area contributed by atoms with Gasteiger partial charge in [0.05, 0.1) is 0 Å². The van der Waals surface area contributed by atoms with Crippen LogP contribution in [0.4, 0.5) is 0 Å². The van der Waals surface area contributed by atoms with E-state index in [0.29, 0.717) is 13.0 Å². The fourth-order valence-electron chi connectivity index (χ4n) is 2.44. The first-order valence-corrected chi connectivity index (χ1v) is 8.43. The zero-order valence-corrected chi connectivity index (χ0v) is 16.7. The minimum atomic E-state index is 0. The first-order valence-electron chi connectivity index (χ1n) is 8.43. The van der Waals surface area contributed by atoms with E-state index in [0.717, 1.165) is 57.3 Å². The van der Waals surface area contributed by atoms with Crippen molar-refractivity contribution in [3.63, 3.8) is 0 Å². The number of hydrogen-bond acceptors (Lipinski definition) is 2. The Bertz CT molecular complexity index is 328. The minimum absolute atomic E-state index is 0. The molecule has 0 bridgehead atoms. The Morgan fingerprint density at radius 1 is 1.23 bits per heavy atom. The molecular formula is C16H33IN4O. The summed E-state index contributed by atoms with van der Waals surface area (Å²) in [5, 5.41) is 6.48. The molecule has 22 heavy (non-hydrogen) atoms. The van der Waals surface area contributed by atoms with Gasteiger partial charge >= 0.3 is 0 Å². The molecule has 0 radical (unpaired) electrons. The van der Waals surface area contributed by atoms with E-state index >= 15 is 0 Å². The summed E-state index contributed by atoms with van der Waals surface area (Å²) in [5.41, 5.74) is 0. The highest BCUT2D eigenvalue weighted by Crippen LogP contribution is 2.08. The Morgan fingerprint density at radius 3 is 2.50 bits per heavy atom. The van der Waals surface area contributed by atoms with Gasteiger partial charge in [0.25, 0.3) is 0 Å². The van der Waals surface area contributed by atoms with Gasteiger partial charge in [-0.2, -0.15) is 0 Å². The summed E-state index contributed by atoms with van der Waals surface area (Å²) >= 11 is 0. The molecule has 0 saturated carbocycles. The van der Waals surface area contributed by atoms with E-state index in [2.05, 4.69) is 36.4 Å². The lowest BCUT2D eigenvalue weighted by molar-refractivity contribution is -0.129. The highest BCUT2D eigenvalue weighted by Gasteiger charge is 2.17. The molecule has 1 amide bonds. The number of amides is 1. The van der Waals surface area contributed by atoms with Gasteiger partial charge in [0.2, 0.25) is 5.91 Å². The zero-order valence-electron chi connectivity index (χ0n) is 14.4. The molecule has 130 valence electrons. The summed E-state index contributed by atoms with van der Waals surface area (Å²) in [7, 11) is 0. The predicted molar refractivity (Wildman–Crippen MR) is 104 cm³/mol. The lowest BCUT2D eigenvalue weighted by Gasteiger charge is -2.16. The van der Waals surface area contributed by atoms with Crippen molar-refractivity contribution in [2.24, 2.45) is 10.9 Å². The smallest absolute Gasteiger partial charge is 0.224 e. The summed E-state index contributed by atoms with van der Waals surface area (Å²) in [6.07, 6.45) is 5.17. The fourth-order valence-corrected chi connectivity index (χ4v) is 2.44. The standard InChI is InChI=1S/C16H32N4O.HI/c1-4-17-16(18-10-7-8-14(2)3)19-11-9-15(21)20-12-5-6-13-20;/h14H,4-13H2,1-3H3,(H2,17,18,19);1H. The second-order valence-electron chi connectivity index (χ2n) is 6.06. The van der Waals surface area contributed by atoms with Gasteiger partial charge in [-0.1, -0.05) is 13.8 Å². The molecule has 1 saturated heterocycles. The van der Waals surface area contributed by atoms with E-state index in [4.69, 9.17) is 0 Å². The van der Waals surface area contributed by atoms with E-state index in [1.807, 2.05) is 4.90 Å². The van der Waals surface area contributed by atoms with Crippen LogP contribution in [-0.2, 0) is 4.79 Å². The molecule has 2 N–H and O–H groups in total. The SMILES string of the molecule is CCNC(=NCCCC(C)C)NCCC(=O)N1CCCC1.I. The van der Waals surface area contributed by atoms with Crippen LogP contribution in [-0.4, -0.2) is 49.5 Å². The number of likely N-dealkylation sites (tertiary alicyclic amines) is 1. The molecule has 1 aliphatic rings. The maximum atomic E-state index is 11.9. The molecule has 1 heterocycles. The van der Waals surface area contributed by atoms with Crippen LogP contribution >= 0.6 is 24.0 Å². The van der Waals surface area contributed by atoms with Crippen LogP contribution in [0.2, 0.25) is 0 Å². The maximum absolute atomic E-state index is 11.9. The van der Waals surface area contributed by atoms with Crippen LogP contribution in [0.3, 0.4) is 0 Å². The van der Waals surface area contributed by atoms with Crippen LogP contribution < -0.4 is 10.6 Å². The monoisotopic (exact) mass is 424 g/mol. The van der Waals surface area contributed by atoms with E-state index < -0.39 is 0 Å². The maximum Gasteiger partial charge on any atom is 0.224 e. The van der Waals surface area contributed by atoms with Crippen molar-refractivity contribution in [2.75, 3.05) is 32.7 Å². The summed E-state index contributed by atoms with van der Waals surface area (Å²) in [5.74, 6) is 1.82. The van der Waals surface area contributed by atoms with Gasteiger partial charge in [-0.3, -0.25) is 9.79 Å². The van der Waals surface area contributed by atoms with Crippen molar-refractivity contribution in [3.8, 4) is 0 Å². The topological polar surface area (TPSA) is 56.7 Å². The Morgan fingerprint density at radius 2 is 1.91 bits per heavy atom. The van der Waals surface area contributed by atoms with Gasteiger partial charge in [0, 0.05) is 39.1 Å². The van der Waals surface area contributed by atoms with Gasteiger partial charge in [-0.05, 0) is 38.5 Å². The van der Waals surface area contributed by atoms with Crippen LogP contribution in [0.1, 0.15) is 52.9 Å². The molecule has 1 fully saturated rings.